The highest BCUT2D eigenvalue weighted by Crippen LogP contribution is 2.40. The molecule has 0 radical (unpaired) electrons. The second-order valence-corrected chi connectivity index (χ2v) is 13.1. The molecule has 0 bridgehead atoms. The summed E-state index contributed by atoms with van der Waals surface area (Å²) in [7, 11) is 1.75. The quantitative estimate of drug-likeness (QED) is 0.116. The van der Waals surface area contributed by atoms with Crippen molar-refractivity contribution in [2.45, 2.75) is 79.3 Å². The molecule has 8 nitrogen and oxygen atoms in total. The van der Waals surface area contributed by atoms with E-state index in [2.05, 4.69) is 74.5 Å². The van der Waals surface area contributed by atoms with Crippen molar-refractivity contribution < 1.29 is 9.59 Å². The maximum absolute atomic E-state index is 13.2. The number of carbonyl (C=O) groups excluding carboxylic acids is 2. The Morgan fingerprint density at radius 2 is 2.07 bits per heavy atom. The molecular formula is C34H51ClN6O2. The third kappa shape index (κ3) is 7.88. The van der Waals surface area contributed by atoms with Gasteiger partial charge in [0, 0.05) is 45.2 Å². The molecule has 1 fully saturated rings. The van der Waals surface area contributed by atoms with Crippen molar-refractivity contribution in [3.05, 3.63) is 53.1 Å². The zero-order valence-electron chi connectivity index (χ0n) is 27.1. The highest BCUT2D eigenvalue weighted by Gasteiger charge is 2.37. The van der Waals surface area contributed by atoms with E-state index in [4.69, 9.17) is 21.6 Å². The monoisotopic (exact) mass is 610 g/mol. The fourth-order valence-electron chi connectivity index (χ4n) is 6.33. The number of halogens is 1. The lowest BCUT2D eigenvalue weighted by Gasteiger charge is -2.38. The van der Waals surface area contributed by atoms with E-state index in [0.717, 1.165) is 38.8 Å². The standard InChI is InChI=1S/C34H51ClN6O2/c1-9-12-17-40(24(4)20-37-22-42)31(36-8)28-19-29(35)33(39-18-16-27(21-39)34(5,6)7)38-32(28)41(23-43)30-25(10-2)14-13-15-26(30)11-3/h9,13-15,19,22-25,27,30H,1,10-12,16-18,20-21H2,2-8H3,(H,37,42)/b36-31+. The molecule has 1 N–H and O–H groups in total. The number of pyridine rings is 1. The molecule has 9 heteroatoms. The van der Waals surface area contributed by atoms with Crippen LogP contribution in [-0.4, -0.2) is 73.9 Å². The number of hydrogen-bond acceptors (Lipinski definition) is 5. The van der Waals surface area contributed by atoms with Crippen LogP contribution in [-0.2, 0) is 9.59 Å². The molecule has 2 heterocycles. The van der Waals surface area contributed by atoms with Crippen molar-refractivity contribution in [1.82, 2.24) is 15.2 Å². The Labute approximate surface area is 264 Å². The molecule has 0 aromatic carbocycles. The van der Waals surface area contributed by atoms with Crippen LogP contribution in [0.2, 0.25) is 5.02 Å². The summed E-state index contributed by atoms with van der Waals surface area (Å²) in [5.74, 6) is 2.56. The lowest BCUT2D eigenvalue weighted by Crippen LogP contribution is -2.47. The average molecular weight is 611 g/mol. The largest absolute Gasteiger partial charge is 0.357 e. The summed E-state index contributed by atoms with van der Waals surface area (Å²) in [6.45, 7) is 19.8. The number of amidine groups is 1. The molecule has 1 saturated heterocycles. The van der Waals surface area contributed by atoms with Gasteiger partial charge >= 0.3 is 0 Å². The van der Waals surface area contributed by atoms with Crippen molar-refractivity contribution in [1.29, 1.82) is 0 Å². The van der Waals surface area contributed by atoms with E-state index in [0.29, 0.717) is 59.9 Å². The van der Waals surface area contributed by atoms with E-state index in [1.54, 1.807) is 11.9 Å². The van der Waals surface area contributed by atoms with E-state index in [9.17, 15) is 9.59 Å². The molecule has 0 spiro atoms. The third-order valence-electron chi connectivity index (χ3n) is 8.97. The first-order valence-corrected chi connectivity index (χ1v) is 16.0. The molecule has 3 rings (SSSR count). The minimum atomic E-state index is -0.174. The fraction of sp³-hybridized carbons (Fsp3) is 0.588. The van der Waals surface area contributed by atoms with Gasteiger partial charge in [0.15, 0.2) is 0 Å². The number of anilines is 2. The first-order chi connectivity index (χ1) is 20.6. The first-order valence-electron chi connectivity index (χ1n) is 15.6. The van der Waals surface area contributed by atoms with Crippen molar-refractivity contribution in [2.24, 2.45) is 22.2 Å². The SMILES string of the molecule is C=CCCN(/C(=N/C)c1cc(Cl)c(N2CCC(C(C)(C)C)C2)nc1N(C=O)C1C(CC)=CC=CC1CC)C(C)CNC=O. The maximum Gasteiger partial charge on any atom is 0.215 e. The summed E-state index contributed by atoms with van der Waals surface area (Å²) in [6, 6.07) is 1.67. The number of aromatic nitrogens is 1. The number of allylic oxidation sites excluding steroid dienone is 2. The second kappa shape index (κ2) is 15.6. The number of rotatable bonds is 14. The Hall–Kier alpha value is -3.13. The Morgan fingerprint density at radius 3 is 2.63 bits per heavy atom. The number of nitrogens with zero attached hydrogens (tertiary/aromatic N) is 5. The van der Waals surface area contributed by atoms with Gasteiger partial charge in [0.2, 0.25) is 12.8 Å². The lowest BCUT2D eigenvalue weighted by atomic mass is 9.80. The Bertz CT molecular complexity index is 1220. The van der Waals surface area contributed by atoms with Gasteiger partial charge in [-0.05, 0) is 55.6 Å². The van der Waals surface area contributed by atoms with E-state index in [-0.39, 0.29) is 23.4 Å². The predicted octanol–water partition coefficient (Wildman–Crippen LogP) is 6.26. The van der Waals surface area contributed by atoms with Crippen molar-refractivity contribution >= 4 is 41.9 Å². The maximum atomic E-state index is 13.2. The van der Waals surface area contributed by atoms with Crippen molar-refractivity contribution in [2.75, 3.05) is 43.0 Å². The third-order valence-corrected chi connectivity index (χ3v) is 9.25. The van der Waals surface area contributed by atoms with Crippen LogP contribution in [0, 0.1) is 17.3 Å². The van der Waals surface area contributed by atoms with Gasteiger partial charge in [0.1, 0.15) is 17.5 Å². The van der Waals surface area contributed by atoms with Crippen LogP contribution in [0.5, 0.6) is 0 Å². The highest BCUT2D eigenvalue weighted by molar-refractivity contribution is 6.33. The van der Waals surface area contributed by atoms with E-state index in [1.807, 2.05) is 19.1 Å². The van der Waals surface area contributed by atoms with E-state index >= 15 is 0 Å². The van der Waals surface area contributed by atoms with Crippen LogP contribution in [0.3, 0.4) is 0 Å². The Balaban J connectivity index is 2.24. The van der Waals surface area contributed by atoms with Gasteiger partial charge in [-0.1, -0.05) is 70.5 Å². The molecule has 1 aromatic rings. The van der Waals surface area contributed by atoms with Crippen LogP contribution in [0.25, 0.3) is 0 Å². The van der Waals surface area contributed by atoms with Crippen LogP contribution in [0.4, 0.5) is 11.6 Å². The lowest BCUT2D eigenvalue weighted by molar-refractivity contribution is -0.110. The summed E-state index contributed by atoms with van der Waals surface area (Å²) < 4.78 is 0. The minimum absolute atomic E-state index is 0.0851. The summed E-state index contributed by atoms with van der Waals surface area (Å²) in [5.41, 5.74) is 2.04. The summed E-state index contributed by atoms with van der Waals surface area (Å²) in [6.07, 6.45) is 13.4. The molecule has 4 atom stereocenters. The van der Waals surface area contributed by atoms with Crippen molar-refractivity contribution in [3.63, 3.8) is 0 Å². The van der Waals surface area contributed by atoms with Crippen molar-refractivity contribution in [3.8, 4) is 0 Å². The number of carbonyl (C=O) groups is 2. The fourth-order valence-corrected chi connectivity index (χ4v) is 6.60. The Morgan fingerprint density at radius 1 is 1.33 bits per heavy atom. The second-order valence-electron chi connectivity index (χ2n) is 12.7. The van der Waals surface area contributed by atoms with Gasteiger partial charge in [-0.25, -0.2) is 4.98 Å². The van der Waals surface area contributed by atoms with Gasteiger partial charge in [0.05, 0.1) is 16.6 Å². The molecule has 0 saturated carbocycles. The molecule has 236 valence electrons. The average Bonchev–Trinajstić information content (AvgIpc) is 3.50. The molecule has 1 aromatic heterocycles. The number of aliphatic imine (C=N–C) groups is 1. The van der Waals surface area contributed by atoms with Gasteiger partial charge < -0.3 is 15.1 Å². The molecule has 43 heavy (non-hydrogen) atoms. The smallest absolute Gasteiger partial charge is 0.215 e. The zero-order chi connectivity index (χ0) is 31.7. The molecule has 2 aliphatic rings. The van der Waals surface area contributed by atoms with Crippen LogP contribution < -0.4 is 15.1 Å². The highest BCUT2D eigenvalue weighted by atomic mass is 35.5. The summed E-state index contributed by atoms with van der Waals surface area (Å²) in [5, 5.41) is 3.34. The number of amides is 2. The van der Waals surface area contributed by atoms with Gasteiger partial charge in [0.25, 0.3) is 0 Å². The molecular weight excluding hydrogens is 560 g/mol. The Kier molecular flexibility index (Phi) is 12.4. The molecule has 1 aliphatic heterocycles. The van der Waals surface area contributed by atoms with Gasteiger partial charge in [-0.2, -0.15) is 0 Å². The zero-order valence-corrected chi connectivity index (χ0v) is 27.9. The van der Waals surface area contributed by atoms with Crippen LogP contribution in [0.15, 0.2) is 47.5 Å². The van der Waals surface area contributed by atoms with Crippen LogP contribution in [0.1, 0.15) is 72.8 Å². The van der Waals surface area contributed by atoms with Gasteiger partial charge in [-0.3, -0.25) is 19.5 Å². The van der Waals surface area contributed by atoms with Crippen LogP contribution >= 0.6 is 11.6 Å². The molecule has 2 amide bonds. The first kappa shape index (κ1) is 34.4. The number of nitrogens with one attached hydrogen (secondary N) is 1. The molecule has 4 unspecified atom stereocenters. The minimum Gasteiger partial charge on any atom is -0.357 e. The predicted molar refractivity (Wildman–Crippen MR) is 180 cm³/mol. The summed E-state index contributed by atoms with van der Waals surface area (Å²) >= 11 is 7.08. The normalized spacial score (nSPS) is 21.3. The molecule has 1 aliphatic carbocycles. The number of hydrogen-bond donors (Lipinski definition) is 1. The van der Waals surface area contributed by atoms with E-state index in [1.165, 1.54) is 5.57 Å². The van der Waals surface area contributed by atoms with Gasteiger partial charge in [-0.15, -0.1) is 6.58 Å². The van der Waals surface area contributed by atoms with E-state index < -0.39 is 0 Å². The topological polar surface area (TPSA) is 81.1 Å². The summed E-state index contributed by atoms with van der Waals surface area (Å²) in [4.78, 5) is 40.5.